The fourth-order valence-electron chi connectivity index (χ4n) is 3.49. The molecular formula is C22H25FN6. The molecule has 7 heteroatoms. The SMILES string of the molecule is Cc1cccc(N2CCN(c3nncc(NCCc4ccc(F)cc4)n3)CC2)c1. The molecule has 0 saturated carbocycles. The maximum Gasteiger partial charge on any atom is 0.247 e. The van der Waals surface area contributed by atoms with Crippen LogP contribution in [0.15, 0.2) is 54.7 Å². The van der Waals surface area contributed by atoms with Crippen LogP contribution in [0.2, 0.25) is 0 Å². The van der Waals surface area contributed by atoms with Gasteiger partial charge in [-0.3, -0.25) is 0 Å². The Bertz CT molecular complexity index is 938. The summed E-state index contributed by atoms with van der Waals surface area (Å²) in [6, 6.07) is 15.2. The molecule has 1 aliphatic heterocycles. The Morgan fingerprint density at radius 2 is 1.76 bits per heavy atom. The molecule has 0 atom stereocenters. The Balaban J connectivity index is 1.31. The quantitative estimate of drug-likeness (QED) is 0.695. The molecule has 0 bridgehead atoms. The van der Waals surface area contributed by atoms with Crippen LogP contribution in [-0.2, 0) is 6.42 Å². The van der Waals surface area contributed by atoms with Crippen LogP contribution in [0.5, 0.6) is 0 Å². The minimum absolute atomic E-state index is 0.214. The number of rotatable bonds is 6. The normalized spacial score (nSPS) is 14.1. The third-order valence-electron chi connectivity index (χ3n) is 5.11. The molecule has 1 aliphatic rings. The molecule has 1 aromatic heterocycles. The van der Waals surface area contributed by atoms with Gasteiger partial charge < -0.3 is 15.1 Å². The van der Waals surface area contributed by atoms with Crippen LogP contribution in [0.25, 0.3) is 0 Å². The van der Waals surface area contributed by atoms with Gasteiger partial charge in [-0.05, 0) is 48.7 Å². The third-order valence-corrected chi connectivity index (χ3v) is 5.11. The first-order chi connectivity index (χ1) is 14.2. The highest BCUT2D eigenvalue weighted by molar-refractivity contribution is 5.50. The minimum atomic E-state index is -0.214. The van der Waals surface area contributed by atoms with Crippen molar-refractivity contribution >= 4 is 17.5 Å². The van der Waals surface area contributed by atoms with Gasteiger partial charge in [-0.1, -0.05) is 24.3 Å². The number of anilines is 3. The molecule has 6 nitrogen and oxygen atoms in total. The lowest BCUT2D eigenvalue weighted by atomic mass is 10.1. The van der Waals surface area contributed by atoms with Crippen molar-refractivity contribution in [1.82, 2.24) is 15.2 Å². The van der Waals surface area contributed by atoms with Crippen LogP contribution in [-0.4, -0.2) is 47.9 Å². The molecule has 0 amide bonds. The molecule has 0 aliphatic carbocycles. The van der Waals surface area contributed by atoms with E-state index in [1.807, 2.05) is 0 Å². The first-order valence-corrected chi connectivity index (χ1v) is 9.92. The number of hydrogen-bond acceptors (Lipinski definition) is 6. The van der Waals surface area contributed by atoms with Gasteiger partial charge in [0.2, 0.25) is 5.95 Å². The van der Waals surface area contributed by atoms with E-state index in [4.69, 9.17) is 0 Å². The van der Waals surface area contributed by atoms with Crippen molar-refractivity contribution in [2.45, 2.75) is 13.3 Å². The molecule has 150 valence electrons. The second-order valence-electron chi connectivity index (χ2n) is 7.26. The molecule has 2 heterocycles. The lowest BCUT2D eigenvalue weighted by Gasteiger charge is -2.36. The summed E-state index contributed by atoms with van der Waals surface area (Å²) in [7, 11) is 0. The highest BCUT2D eigenvalue weighted by atomic mass is 19.1. The largest absolute Gasteiger partial charge is 0.368 e. The summed E-state index contributed by atoms with van der Waals surface area (Å²) in [4.78, 5) is 9.18. The summed E-state index contributed by atoms with van der Waals surface area (Å²) in [5.41, 5.74) is 3.62. The van der Waals surface area contributed by atoms with E-state index >= 15 is 0 Å². The first-order valence-electron chi connectivity index (χ1n) is 9.92. The number of nitrogens with zero attached hydrogens (tertiary/aromatic N) is 5. The molecule has 4 rings (SSSR count). The number of nitrogens with one attached hydrogen (secondary N) is 1. The van der Waals surface area contributed by atoms with Crippen molar-refractivity contribution in [3.05, 3.63) is 71.7 Å². The highest BCUT2D eigenvalue weighted by Crippen LogP contribution is 2.19. The Morgan fingerprint density at radius 1 is 1.00 bits per heavy atom. The van der Waals surface area contributed by atoms with Gasteiger partial charge in [0.15, 0.2) is 5.82 Å². The van der Waals surface area contributed by atoms with E-state index in [1.54, 1.807) is 18.3 Å². The topological polar surface area (TPSA) is 57.2 Å². The monoisotopic (exact) mass is 392 g/mol. The van der Waals surface area contributed by atoms with E-state index in [-0.39, 0.29) is 5.82 Å². The summed E-state index contributed by atoms with van der Waals surface area (Å²) in [6.07, 6.45) is 2.42. The van der Waals surface area contributed by atoms with Crippen molar-refractivity contribution in [2.24, 2.45) is 0 Å². The molecule has 1 fully saturated rings. The van der Waals surface area contributed by atoms with E-state index in [1.165, 1.54) is 23.4 Å². The van der Waals surface area contributed by atoms with Crippen molar-refractivity contribution in [1.29, 1.82) is 0 Å². The van der Waals surface area contributed by atoms with Crippen LogP contribution in [0.3, 0.4) is 0 Å². The number of aromatic nitrogens is 3. The Morgan fingerprint density at radius 3 is 2.52 bits per heavy atom. The van der Waals surface area contributed by atoms with Gasteiger partial charge in [-0.2, -0.15) is 10.1 Å². The zero-order valence-electron chi connectivity index (χ0n) is 16.6. The third kappa shape index (κ3) is 4.99. The van der Waals surface area contributed by atoms with Gasteiger partial charge in [-0.25, -0.2) is 4.39 Å². The van der Waals surface area contributed by atoms with E-state index < -0.39 is 0 Å². The fourth-order valence-corrected chi connectivity index (χ4v) is 3.49. The average Bonchev–Trinajstić information content (AvgIpc) is 2.76. The summed E-state index contributed by atoms with van der Waals surface area (Å²) in [5, 5.41) is 11.6. The Kier molecular flexibility index (Phi) is 5.84. The van der Waals surface area contributed by atoms with Crippen LogP contribution >= 0.6 is 0 Å². The zero-order valence-corrected chi connectivity index (χ0v) is 16.6. The standard InChI is InChI=1S/C22H25FN6/c1-17-3-2-4-20(15-17)28-11-13-29(14-12-28)22-26-21(16-25-27-22)24-10-9-18-5-7-19(23)8-6-18/h2-8,15-16H,9-14H2,1H3,(H,24,26,27). The average molecular weight is 392 g/mol. The van der Waals surface area contributed by atoms with Gasteiger partial charge in [0.1, 0.15) is 5.82 Å². The second-order valence-corrected chi connectivity index (χ2v) is 7.26. The smallest absolute Gasteiger partial charge is 0.247 e. The minimum Gasteiger partial charge on any atom is -0.368 e. The molecule has 2 aromatic carbocycles. The maximum absolute atomic E-state index is 13.0. The molecule has 29 heavy (non-hydrogen) atoms. The van der Waals surface area contributed by atoms with Crippen LogP contribution in [0.1, 0.15) is 11.1 Å². The lowest BCUT2D eigenvalue weighted by Crippen LogP contribution is -2.47. The Hall–Kier alpha value is -3.22. The van der Waals surface area contributed by atoms with Crippen molar-refractivity contribution in [3.8, 4) is 0 Å². The van der Waals surface area contributed by atoms with Crippen molar-refractivity contribution < 1.29 is 4.39 Å². The van der Waals surface area contributed by atoms with E-state index in [0.29, 0.717) is 18.3 Å². The predicted molar refractivity (Wildman–Crippen MR) is 114 cm³/mol. The first kappa shape index (κ1) is 19.1. The van der Waals surface area contributed by atoms with Crippen molar-refractivity contribution in [3.63, 3.8) is 0 Å². The van der Waals surface area contributed by atoms with Gasteiger partial charge in [-0.15, -0.1) is 5.10 Å². The number of benzene rings is 2. The number of piperazine rings is 1. The lowest BCUT2D eigenvalue weighted by molar-refractivity contribution is 0.627. The van der Waals surface area contributed by atoms with Crippen LogP contribution in [0.4, 0.5) is 21.8 Å². The maximum atomic E-state index is 13.0. The van der Waals surface area contributed by atoms with Gasteiger partial charge in [0, 0.05) is 38.4 Å². The molecule has 0 unspecified atom stereocenters. The number of hydrogen-bond donors (Lipinski definition) is 1. The second kappa shape index (κ2) is 8.86. The zero-order chi connectivity index (χ0) is 20.1. The highest BCUT2D eigenvalue weighted by Gasteiger charge is 2.20. The van der Waals surface area contributed by atoms with Gasteiger partial charge in [0.05, 0.1) is 6.20 Å². The van der Waals surface area contributed by atoms with Gasteiger partial charge in [0.25, 0.3) is 0 Å². The number of halogens is 1. The molecule has 1 saturated heterocycles. The molecular weight excluding hydrogens is 367 g/mol. The predicted octanol–water partition coefficient (Wildman–Crippen LogP) is 3.30. The van der Waals surface area contributed by atoms with E-state index in [9.17, 15) is 4.39 Å². The van der Waals surface area contributed by atoms with Crippen molar-refractivity contribution in [2.75, 3.05) is 47.8 Å². The van der Waals surface area contributed by atoms with Crippen LogP contribution in [0, 0.1) is 12.7 Å². The molecule has 0 spiro atoms. The van der Waals surface area contributed by atoms with Crippen LogP contribution < -0.4 is 15.1 Å². The van der Waals surface area contributed by atoms with Gasteiger partial charge >= 0.3 is 0 Å². The van der Waals surface area contributed by atoms with E-state index in [2.05, 4.69) is 61.5 Å². The summed E-state index contributed by atoms with van der Waals surface area (Å²) >= 11 is 0. The summed E-state index contributed by atoms with van der Waals surface area (Å²) < 4.78 is 13.0. The summed E-state index contributed by atoms with van der Waals surface area (Å²) in [6.45, 7) is 6.38. The number of aryl methyl sites for hydroxylation is 1. The van der Waals surface area contributed by atoms with E-state index in [0.717, 1.165) is 38.2 Å². The fraction of sp³-hybridized carbons (Fsp3) is 0.318. The Labute approximate surface area is 170 Å². The molecule has 0 radical (unpaired) electrons. The molecule has 3 aromatic rings. The summed E-state index contributed by atoms with van der Waals surface area (Å²) in [5.74, 6) is 1.15. The molecule has 1 N–H and O–H groups in total.